The van der Waals surface area contributed by atoms with Gasteiger partial charge in [-0.1, -0.05) is 28.9 Å². The van der Waals surface area contributed by atoms with Gasteiger partial charge in [0.15, 0.2) is 5.82 Å². The molecule has 0 saturated heterocycles. The Morgan fingerprint density at radius 2 is 2.22 bits per heavy atom. The lowest BCUT2D eigenvalue weighted by Crippen LogP contribution is -1.96. The lowest BCUT2D eigenvalue weighted by molar-refractivity contribution is -0.116. The van der Waals surface area contributed by atoms with Gasteiger partial charge in [-0.05, 0) is 19.1 Å². The maximum Gasteiger partial charge on any atom is 0.234 e. The van der Waals surface area contributed by atoms with Crippen LogP contribution in [0.3, 0.4) is 0 Å². The Morgan fingerprint density at radius 3 is 2.94 bits per heavy atom. The minimum Gasteiger partial charge on any atom is -0.339 e. The number of carbonyl (C=O) groups is 1. The Balaban J connectivity index is 1.96. The first-order valence-electron chi connectivity index (χ1n) is 5.33. The third-order valence-corrected chi connectivity index (χ3v) is 3.61. The van der Waals surface area contributed by atoms with Crippen LogP contribution >= 0.6 is 23.4 Å². The fraction of sp³-hybridized carbons (Fsp3) is 0.250. The van der Waals surface area contributed by atoms with Crippen molar-refractivity contribution in [3.63, 3.8) is 0 Å². The molecule has 0 fully saturated rings. The summed E-state index contributed by atoms with van der Waals surface area (Å²) in [5.74, 6) is 1.49. The number of thioether (sulfide) groups is 1. The molecule has 0 bridgehead atoms. The molecule has 0 aliphatic rings. The maximum atomic E-state index is 10.9. The van der Waals surface area contributed by atoms with Gasteiger partial charge >= 0.3 is 0 Å². The second-order valence-corrected chi connectivity index (χ2v) is 5.13. The topological polar surface area (TPSA) is 56.0 Å². The molecule has 0 N–H and O–H groups in total. The van der Waals surface area contributed by atoms with Crippen LogP contribution in [0, 0.1) is 0 Å². The van der Waals surface area contributed by atoms with E-state index < -0.39 is 0 Å². The predicted molar refractivity (Wildman–Crippen MR) is 69.7 cm³/mol. The summed E-state index contributed by atoms with van der Waals surface area (Å²) in [6.07, 6.45) is 0.184. The Morgan fingerprint density at radius 1 is 1.44 bits per heavy atom. The van der Waals surface area contributed by atoms with Crippen LogP contribution in [0.15, 0.2) is 33.7 Å². The van der Waals surface area contributed by atoms with Crippen molar-refractivity contribution in [2.45, 2.75) is 24.0 Å². The first-order chi connectivity index (χ1) is 8.65. The molecule has 0 aliphatic heterocycles. The highest BCUT2D eigenvalue weighted by molar-refractivity contribution is 7.98. The van der Waals surface area contributed by atoms with Gasteiger partial charge in [0.2, 0.25) is 5.89 Å². The first kappa shape index (κ1) is 13.1. The van der Waals surface area contributed by atoms with E-state index in [0.717, 1.165) is 4.90 Å². The number of carbonyl (C=O) groups excluding carboxylic acids is 1. The second kappa shape index (κ2) is 6.02. The molecule has 94 valence electrons. The molecule has 1 heterocycles. The number of rotatable bonds is 5. The van der Waals surface area contributed by atoms with E-state index in [1.807, 2.05) is 24.3 Å². The van der Waals surface area contributed by atoms with Gasteiger partial charge < -0.3 is 4.52 Å². The highest BCUT2D eigenvalue weighted by atomic mass is 35.5. The molecule has 0 unspecified atom stereocenters. The van der Waals surface area contributed by atoms with Crippen LogP contribution in [-0.4, -0.2) is 15.9 Å². The maximum absolute atomic E-state index is 10.9. The van der Waals surface area contributed by atoms with E-state index >= 15 is 0 Å². The van der Waals surface area contributed by atoms with E-state index in [1.165, 1.54) is 18.7 Å². The monoisotopic (exact) mass is 282 g/mol. The summed E-state index contributed by atoms with van der Waals surface area (Å²) >= 11 is 7.57. The molecule has 0 radical (unpaired) electrons. The zero-order valence-electron chi connectivity index (χ0n) is 9.72. The molecule has 0 spiro atoms. The van der Waals surface area contributed by atoms with E-state index in [0.29, 0.717) is 22.5 Å². The van der Waals surface area contributed by atoms with Crippen molar-refractivity contribution < 1.29 is 9.32 Å². The third kappa shape index (κ3) is 3.58. The van der Waals surface area contributed by atoms with Crippen LogP contribution < -0.4 is 0 Å². The van der Waals surface area contributed by atoms with Gasteiger partial charge in [-0.3, -0.25) is 4.79 Å². The van der Waals surface area contributed by atoms with Gasteiger partial charge in [-0.25, -0.2) is 0 Å². The molecule has 0 amide bonds. The molecule has 1 aromatic carbocycles. The van der Waals surface area contributed by atoms with Crippen molar-refractivity contribution in [2.75, 3.05) is 0 Å². The van der Waals surface area contributed by atoms with Crippen molar-refractivity contribution >= 4 is 29.1 Å². The number of ketones is 1. The van der Waals surface area contributed by atoms with Crippen LogP contribution in [0.25, 0.3) is 0 Å². The summed E-state index contributed by atoms with van der Waals surface area (Å²) in [4.78, 5) is 16.0. The SMILES string of the molecule is CC(=O)Cc1nc(CSc2ccccc2Cl)no1. The molecule has 6 heteroatoms. The van der Waals surface area contributed by atoms with Crippen molar-refractivity contribution in [1.29, 1.82) is 0 Å². The van der Waals surface area contributed by atoms with Crippen LogP contribution in [0.5, 0.6) is 0 Å². The van der Waals surface area contributed by atoms with E-state index in [4.69, 9.17) is 16.1 Å². The molecule has 2 aromatic rings. The Labute approximate surface area is 114 Å². The van der Waals surface area contributed by atoms with Gasteiger partial charge in [0.05, 0.1) is 17.2 Å². The van der Waals surface area contributed by atoms with Gasteiger partial charge in [0.25, 0.3) is 0 Å². The molecule has 0 aliphatic carbocycles. The number of benzene rings is 1. The summed E-state index contributed by atoms with van der Waals surface area (Å²) in [5.41, 5.74) is 0. The smallest absolute Gasteiger partial charge is 0.234 e. The van der Waals surface area contributed by atoms with Gasteiger partial charge in [-0.15, -0.1) is 11.8 Å². The lowest BCUT2D eigenvalue weighted by Gasteiger charge is -2.00. The summed E-state index contributed by atoms with van der Waals surface area (Å²) < 4.78 is 4.97. The van der Waals surface area contributed by atoms with Crippen molar-refractivity contribution in [3.8, 4) is 0 Å². The van der Waals surface area contributed by atoms with Crippen LogP contribution in [-0.2, 0) is 17.0 Å². The van der Waals surface area contributed by atoms with Gasteiger partial charge in [0.1, 0.15) is 5.78 Å². The summed E-state index contributed by atoms with van der Waals surface area (Å²) in [6.45, 7) is 1.49. The number of nitrogens with zero attached hydrogens (tertiary/aromatic N) is 2. The highest BCUT2D eigenvalue weighted by Gasteiger charge is 2.09. The fourth-order valence-electron chi connectivity index (χ4n) is 1.34. The van der Waals surface area contributed by atoms with E-state index in [2.05, 4.69) is 10.1 Å². The number of hydrogen-bond acceptors (Lipinski definition) is 5. The summed E-state index contributed by atoms with van der Waals surface area (Å²) in [6, 6.07) is 7.57. The largest absolute Gasteiger partial charge is 0.339 e. The highest BCUT2D eigenvalue weighted by Crippen LogP contribution is 2.28. The van der Waals surface area contributed by atoms with Crippen LogP contribution in [0.2, 0.25) is 5.02 Å². The average molecular weight is 283 g/mol. The Kier molecular flexibility index (Phi) is 4.38. The number of halogens is 1. The second-order valence-electron chi connectivity index (χ2n) is 3.70. The van der Waals surface area contributed by atoms with Crippen LogP contribution in [0.4, 0.5) is 0 Å². The quantitative estimate of drug-likeness (QED) is 0.789. The zero-order chi connectivity index (χ0) is 13.0. The molecule has 2 rings (SSSR count). The number of Topliss-reactive ketones (excluding diaryl/α,β-unsaturated/α-hetero) is 1. The molecule has 18 heavy (non-hydrogen) atoms. The van der Waals surface area contributed by atoms with E-state index in [1.54, 1.807) is 0 Å². The Hall–Kier alpha value is -1.33. The van der Waals surface area contributed by atoms with E-state index in [9.17, 15) is 4.79 Å². The molecular formula is C12H11ClN2O2S. The van der Waals surface area contributed by atoms with E-state index in [-0.39, 0.29) is 12.2 Å². The lowest BCUT2D eigenvalue weighted by atomic mass is 10.3. The van der Waals surface area contributed by atoms with Crippen molar-refractivity contribution in [2.24, 2.45) is 0 Å². The minimum atomic E-state index is 0.00366. The molecule has 0 atom stereocenters. The predicted octanol–water partition coefficient (Wildman–Crippen LogP) is 3.15. The number of aromatic nitrogens is 2. The van der Waals surface area contributed by atoms with Crippen molar-refractivity contribution in [3.05, 3.63) is 41.0 Å². The summed E-state index contributed by atoms with van der Waals surface area (Å²) in [5, 5.41) is 4.52. The summed E-state index contributed by atoms with van der Waals surface area (Å²) in [7, 11) is 0. The number of hydrogen-bond donors (Lipinski definition) is 0. The van der Waals surface area contributed by atoms with Gasteiger partial charge in [-0.2, -0.15) is 4.98 Å². The average Bonchev–Trinajstić information content (AvgIpc) is 2.75. The zero-order valence-corrected chi connectivity index (χ0v) is 11.3. The Bertz CT molecular complexity index is 557. The molecule has 0 saturated carbocycles. The first-order valence-corrected chi connectivity index (χ1v) is 6.69. The third-order valence-electron chi connectivity index (χ3n) is 2.10. The van der Waals surface area contributed by atoms with Crippen LogP contribution in [0.1, 0.15) is 18.6 Å². The normalized spacial score (nSPS) is 10.6. The molecular weight excluding hydrogens is 272 g/mol. The molecule has 1 aromatic heterocycles. The fourth-order valence-corrected chi connectivity index (χ4v) is 2.42. The minimum absolute atomic E-state index is 0.00366. The van der Waals surface area contributed by atoms with Crippen molar-refractivity contribution in [1.82, 2.24) is 10.1 Å². The van der Waals surface area contributed by atoms with Gasteiger partial charge in [0, 0.05) is 4.90 Å². The molecule has 4 nitrogen and oxygen atoms in total. The standard InChI is InChI=1S/C12H11ClN2O2S/c1-8(16)6-12-14-11(15-17-12)7-18-10-5-3-2-4-9(10)13/h2-5H,6-7H2,1H3.